The van der Waals surface area contributed by atoms with Crippen molar-refractivity contribution in [2.24, 2.45) is 0 Å². The van der Waals surface area contributed by atoms with Gasteiger partial charge in [-0.15, -0.1) is 0 Å². The van der Waals surface area contributed by atoms with Crippen LogP contribution >= 0.6 is 0 Å². The fourth-order valence-electron chi connectivity index (χ4n) is 2.87. The summed E-state index contributed by atoms with van der Waals surface area (Å²) < 4.78 is 11.2. The van der Waals surface area contributed by atoms with E-state index in [-0.39, 0.29) is 6.04 Å². The second-order valence-corrected chi connectivity index (χ2v) is 5.92. The number of benzene rings is 1. The van der Waals surface area contributed by atoms with E-state index in [2.05, 4.69) is 32.2 Å². The van der Waals surface area contributed by atoms with Gasteiger partial charge in [0.05, 0.1) is 25.1 Å². The van der Waals surface area contributed by atoms with E-state index in [1.807, 2.05) is 36.5 Å². The van der Waals surface area contributed by atoms with E-state index in [1.165, 1.54) is 0 Å². The quantitative estimate of drug-likeness (QED) is 0.793. The van der Waals surface area contributed by atoms with E-state index in [0.717, 1.165) is 29.9 Å². The molecular formula is C17H19N5O2. The molecule has 2 aromatic heterocycles. The van der Waals surface area contributed by atoms with Gasteiger partial charge in [-0.25, -0.2) is 0 Å². The molecule has 1 atom stereocenters. The summed E-state index contributed by atoms with van der Waals surface area (Å²) in [5, 5.41) is 11.3. The van der Waals surface area contributed by atoms with Crippen LogP contribution in [0.3, 0.4) is 0 Å². The van der Waals surface area contributed by atoms with Gasteiger partial charge in [-0.05, 0) is 12.5 Å². The SMILES string of the molecule is Cc1cn[nH]c1CN1CCOCC1c1nc(-c2ccccc2)no1. The first kappa shape index (κ1) is 15.0. The Morgan fingerprint density at radius 1 is 1.29 bits per heavy atom. The lowest BCUT2D eigenvalue weighted by molar-refractivity contribution is -0.0246. The topological polar surface area (TPSA) is 80.1 Å². The molecule has 7 nitrogen and oxygen atoms in total. The lowest BCUT2D eigenvalue weighted by atomic mass is 10.2. The van der Waals surface area contributed by atoms with E-state index in [9.17, 15) is 0 Å². The molecule has 1 N–H and O–H groups in total. The monoisotopic (exact) mass is 325 g/mol. The molecule has 0 radical (unpaired) electrons. The van der Waals surface area contributed by atoms with Gasteiger partial charge < -0.3 is 9.26 Å². The molecule has 1 fully saturated rings. The highest BCUT2D eigenvalue weighted by atomic mass is 16.5. The number of morpholine rings is 1. The second-order valence-electron chi connectivity index (χ2n) is 5.92. The maximum Gasteiger partial charge on any atom is 0.246 e. The minimum Gasteiger partial charge on any atom is -0.378 e. The number of aromatic amines is 1. The average molecular weight is 325 g/mol. The molecule has 7 heteroatoms. The molecule has 0 aliphatic carbocycles. The van der Waals surface area contributed by atoms with Gasteiger partial charge in [0, 0.05) is 18.7 Å². The van der Waals surface area contributed by atoms with Crippen molar-refractivity contribution >= 4 is 0 Å². The average Bonchev–Trinajstić information content (AvgIpc) is 3.26. The molecule has 0 saturated carbocycles. The summed E-state index contributed by atoms with van der Waals surface area (Å²) in [4.78, 5) is 6.86. The van der Waals surface area contributed by atoms with E-state index in [1.54, 1.807) is 0 Å². The highest BCUT2D eigenvalue weighted by Crippen LogP contribution is 2.27. The Bertz CT molecular complexity index is 798. The van der Waals surface area contributed by atoms with Crippen LogP contribution in [0.4, 0.5) is 0 Å². The maximum atomic E-state index is 5.64. The first-order chi connectivity index (χ1) is 11.8. The molecule has 0 spiro atoms. The smallest absolute Gasteiger partial charge is 0.246 e. The normalized spacial score (nSPS) is 18.8. The van der Waals surface area contributed by atoms with Crippen molar-refractivity contribution in [1.29, 1.82) is 0 Å². The van der Waals surface area contributed by atoms with Crippen LogP contribution in [-0.4, -0.2) is 45.0 Å². The highest BCUT2D eigenvalue weighted by Gasteiger charge is 2.30. The summed E-state index contributed by atoms with van der Waals surface area (Å²) in [5.74, 6) is 1.19. The lowest BCUT2D eigenvalue weighted by Gasteiger charge is -2.32. The Kier molecular flexibility index (Phi) is 4.10. The first-order valence-electron chi connectivity index (χ1n) is 8.01. The molecule has 3 heterocycles. The number of aromatic nitrogens is 4. The molecule has 1 aliphatic heterocycles. The Morgan fingerprint density at radius 2 is 2.17 bits per heavy atom. The predicted molar refractivity (Wildman–Crippen MR) is 87.0 cm³/mol. The summed E-state index contributed by atoms with van der Waals surface area (Å²) in [6.07, 6.45) is 1.84. The molecular weight excluding hydrogens is 306 g/mol. The van der Waals surface area contributed by atoms with Crippen molar-refractivity contribution in [2.75, 3.05) is 19.8 Å². The third-order valence-electron chi connectivity index (χ3n) is 4.29. The summed E-state index contributed by atoms with van der Waals surface area (Å²) in [5.41, 5.74) is 3.20. The number of rotatable bonds is 4. The van der Waals surface area contributed by atoms with Gasteiger partial charge in [0.25, 0.3) is 0 Å². The fourth-order valence-corrected chi connectivity index (χ4v) is 2.87. The third-order valence-corrected chi connectivity index (χ3v) is 4.29. The number of aryl methyl sites for hydroxylation is 1. The number of nitrogens with zero attached hydrogens (tertiary/aromatic N) is 4. The molecule has 1 saturated heterocycles. The molecule has 24 heavy (non-hydrogen) atoms. The van der Waals surface area contributed by atoms with Crippen molar-refractivity contribution in [3.8, 4) is 11.4 Å². The van der Waals surface area contributed by atoms with Gasteiger partial charge in [0.2, 0.25) is 11.7 Å². The standard InChI is InChI=1S/C17H19N5O2/c1-12-9-18-20-14(12)10-22-7-8-23-11-15(22)17-19-16(21-24-17)13-5-3-2-4-6-13/h2-6,9,15H,7-8,10-11H2,1H3,(H,18,20). The van der Waals surface area contributed by atoms with Gasteiger partial charge in [0.15, 0.2) is 0 Å². The Morgan fingerprint density at radius 3 is 2.96 bits per heavy atom. The summed E-state index contributed by atoms with van der Waals surface area (Å²) in [6, 6.07) is 9.78. The van der Waals surface area contributed by atoms with Crippen LogP contribution in [-0.2, 0) is 11.3 Å². The van der Waals surface area contributed by atoms with Gasteiger partial charge in [-0.3, -0.25) is 10.00 Å². The number of nitrogens with one attached hydrogen (secondary N) is 1. The molecule has 124 valence electrons. The Balaban J connectivity index is 1.57. The molecule has 4 rings (SSSR count). The first-order valence-corrected chi connectivity index (χ1v) is 8.01. The lowest BCUT2D eigenvalue weighted by Crippen LogP contribution is -2.39. The molecule has 1 unspecified atom stereocenters. The largest absolute Gasteiger partial charge is 0.378 e. The molecule has 0 bridgehead atoms. The van der Waals surface area contributed by atoms with Crippen molar-refractivity contribution in [3.05, 3.63) is 53.7 Å². The van der Waals surface area contributed by atoms with Crippen LogP contribution in [0.5, 0.6) is 0 Å². The van der Waals surface area contributed by atoms with E-state index in [0.29, 0.717) is 24.9 Å². The number of hydrogen-bond acceptors (Lipinski definition) is 6. The Labute approximate surface area is 139 Å². The zero-order chi connectivity index (χ0) is 16.4. The fraction of sp³-hybridized carbons (Fsp3) is 0.353. The highest BCUT2D eigenvalue weighted by molar-refractivity contribution is 5.53. The molecule has 1 aliphatic rings. The van der Waals surface area contributed by atoms with Crippen LogP contribution in [0.25, 0.3) is 11.4 Å². The molecule has 3 aromatic rings. The summed E-state index contributed by atoms with van der Waals surface area (Å²) >= 11 is 0. The van der Waals surface area contributed by atoms with Crippen LogP contribution in [0.1, 0.15) is 23.2 Å². The third kappa shape index (κ3) is 2.95. The van der Waals surface area contributed by atoms with Gasteiger partial charge >= 0.3 is 0 Å². The number of H-pyrrole nitrogens is 1. The van der Waals surface area contributed by atoms with E-state index >= 15 is 0 Å². The van der Waals surface area contributed by atoms with Crippen LogP contribution in [0, 0.1) is 6.92 Å². The second kappa shape index (κ2) is 6.54. The zero-order valence-corrected chi connectivity index (χ0v) is 13.5. The summed E-state index contributed by atoms with van der Waals surface area (Å²) in [7, 11) is 0. The van der Waals surface area contributed by atoms with Crippen molar-refractivity contribution in [1.82, 2.24) is 25.2 Å². The van der Waals surface area contributed by atoms with Crippen molar-refractivity contribution < 1.29 is 9.26 Å². The molecule has 0 amide bonds. The van der Waals surface area contributed by atoms with Gasteiger partial charge in [0.1, 0.15) is 6.04 Å². The minimum atomic E-state index is -0.0496. The molecule has 1 aromatic carbocycles. The minimum absolute atomic E-state index is 0.0496. The van der Waals surface area contributed by atoms with E-state index in [4.69, 9.17) is 9.26 Å². The number of hydrogen-bond donors (Lipinski definition) is 1. The van der Waals surface area contributed by atoms with Crippen molar-refractivity contribution in [3.63, 3.8) is 0 Å². The van der Waals surface area contributed by atoms with Gasteiger partial charge in [-0.1, -0.05) is 35.5 Å². The Hall–Kier alpha value is -2.51. The number of ether oxygens (including phenoxy) is 1. The summed E-state index contributed by atoms with van der Waals surface area (Å²) in [6.45, 7) is 4.86. The maximum absolute atomic E-state index is 5.64. The van der Waals surface area contributed by atoms with Crippen LogP contribution in [0.2, 0.25) is 0 Å². The predicted octanol–water partition coefficient (Wildman–Crippen LogP) is 2.34. The zero-order valence-electron chi connectivity index (χ0n) is 13.5. The van der Waals surface area contributed by atoms with Crippen LogP contribution < -0.4 is 0 Å². The van der Waals surface area contributed by atoms with Crippen molar-refractivity contribution in [2.45, 2.75) is 19.5 Å². The van der Waals surface area contributed by atoms with Gasteiger partial charge in [-0.2, -0.15) is 10.1 Å². The van der Waals surface area contributed by atoms with E-state index < -0.39 is 0 Å². The van der Waals surface area contributed by atoms with Crippen LogP contribution in [0.15, 0.2) is 41.1 Å².